The summed E-state index contributed by atoms with van der Waals surface area (Å²) < 4.78 is 0. The lowest BCUT2D eigenvalue weighted by molar-refractivity contribution is 0.340. The van der Waals surface area contributed by atoms with Crippen molar-refractivity contribution in [2.45, 2.75) is 135 Å². The normalized spacial score (nSPS) is 10.6. The second-order valence-electron chi connectivity index (χ2n) is 7.68. The third-order valence-electron chi connectivity index (χ3n) is 4.87. The molecule has 2 nitrogen and oxygen atoms in total. The Morgan fingerprint density at radius 1 is 0.788 bits per heavy atom. The Morgan fingerprint density at radius 2 is 1.18 bits per heavy atom. The molecule has 0 amide bonds. The first-order valence-electron chi connectivity index (χ1n) is 14.3. The zero-order valence-electron chi connectivity index (χ0n) is 26.8. The molecular weight excluding hydrogens is 400 g/mol. The van der Waals surface area contributed by atoms with Crippen LogP contribution >= 0.6 is 0 Å². The molecule has 33 heavy (non-hydrogen) atoms. The van der Waals surface area contributed by atoms with Crippen LogP contribution in [0.2, 0.25) is 0 Å². The lowest BCUT2D eigenvalue weighted by Crippen LogP contribution is -2.10. The molecule has 0 fully saturated rings. The van der Waals surface area contributed by atoms with Crippen molar-refractivity contribution in [3.8, 4) is 0 Å². The van der Waals surface area contributed by atoms with Gasteiger partial charge in [-0.15, -0.1) is 6.58 Å². The zero-order chi connectivity index (χ0) is 28.1. The van der Waals surface area contributed by atoms with Gasteiger partial charge in [-0.3, -0.25) is 0 Å². The molecule has 0 heterocycles. The Kier molecular flexibility index (Phi) is 86.8. The molecule has 0 saturated carbocycles. The molecule has 0 aliphatic heterocycles. The second kappa shape index (κ2) is 57.8. The van der Waals surface area contributed by atoms with E-state index in [4.69, 9.17) is 0 Å². The molecule has 2 atom stereocenters. The van der Waals surface area contributed by atoms with E-state index in [0.29, 0.717) is 0 Å². The Labute approximate surface area is 215 Å². The first-order valence-corrected chi connectivity index (χ1v) is 14.3. The molecular formula is C31H74N2. The van der Waals surface area contributed by atoms with Gasteiger partial charge < -0.3 is 11.1 Å². The highest BCUT2D eigenvalue weighted by atomic mass is 14.8. The van der Waals surface area contributed by atoms with Crippen LogP contribution in [0.5, 0.6) is 0 Å². The fourth-order valence-electron chi connectivity index (χ4n) is 2.43. The Hall–Kier alpha value is -0.600. The molecule has 2 unspecified atom stereocenters. The largest absolute Gasteiger partial charge is 0.333 e. The van der Waals surface area contributed by atoms with E-state index in [0.717, 1.165) is 30.2 Å². The average Bonchev–Trinajstić information content (AvgIpc) is 2.88. The van der Waals surface area contributed by atoms with Crippen LogP contribution in [-0.2, 0) is 0 Å². The van der Waals surface area contributed by atoms with E-state index in [-0.39, 0.29) is 0 Å². The first-order chi connectivity index (χ1) is 15.8. The van der Waals surface area contributed by atoms with E-state index in [9.17, 15) is 0 Å². The van der Waals surface area contributed by atoms with Gasteiger partial charge in [-0.2, -0.15) is 0 Å². The maximum atomic E-state index is 4.50. The van der Waals surface area contributed by atoms with E-state index in [1.54, 1.807) is 0 Å². The minimum atomic E-state index is 0.823. The average molecular weight is 475 g/mol. The standard InChI is InChI=1S/C10H20.C9H19N.C5H12.3C2H6.CH5N/c1-5-8-9(4)10(6-2)7-3;1-4-5-6-9(2)7-8-10-3;1-4-5(2)3;4*1-2/h5,9-10H,1,6-8H2,2-4H3;4-5,9-10H,6-8H2,1-3H3;5H,4H2,1-3H3;3*1-2H3;2H2,1H3/b;5-4-;;;;;. The van der Waals surface area contributed by atoms with Crippen molar-refractivity contribution < 1.29 is 0 Å². The Balaban J connectivity index is -0.0000000548. The highest BCUT2D eigenvalue weighted by molar-refractivity contribution is 4.79. The quantitative estimate of drug-likeness (QED) is 0.292. The summed E-state index contributed by atoms with van der Waals surface area (Å²) in [7, 11) is 3.50. The van der Waals surface area contributed by atoms with Crippen LogP contribution in [0.15, 0.2) is 24.8 Å². The third-order valence-corrected chi connectivity index (χ3v) is 4.87. The molecule has 0 aromatic rings. The van der Waals surface area contributed by atoms with Gasteiger partial charge in [-0.25, -0.2) is 0 Å². The van der Waals surface area contributed by atoms with E-state index < -0.39 is 0 Å². The number of nitrogens with one attached hydrogen (secondary N) is 1. The van der Waals surface area contributed by atoms with Crippen LogP contribution in [0.3, 0.4) is 0 Å². The minimum absolute atomic E-state index is 0.823. The SMILES string of the molecule is C/C=C\CC(C)CCNC.C=CCC(C)C(CC)CC.CC.CC.CC.CCC(C)C.CN. The summed E-state index contributed by atoms with van der Waals surface area (Å²) in [5.74, 6) is 3.43. The van der Waals surface area contributed by atoms with Crippen molar-refractivity contribution in [3.63, 3.8) is 0 Å². The maximum Gasteiger partial charge on any atom is -0.00493 e. The van der Waals surface area contributed by atoms with Crippen molar-refractivity contribution >= 4 is 0 Å². The molecule has 0 radical (unpaired) electrons. The Morgan fingerprint density at radius 3 is 1.42 bits per heavy atom. The highest BCUT2D eigenvalue weighted by Crippen LogP contribution is 2.21. The summed E-state index contributed by atoms with van der Waals surface area (Å²) in [6.07, 6.45) is 14.0. The fourth-order valence-corrected chi connectivity index (χ4v) is 2.43. The van der Waals surface area contributed by atoms with Gasteiger partial charge in [-0.05, 0) is 70.5 Å². The summed E-state index contributed by atoms with van der Waals surface area (Å²) in [6, 6.07) is 0. The van der Waals surface area contributed by atoms with Crippen molar-refractivity contribution in [1.29, 1.82) is 0 Å². The molecule has 3 N–H and O–H groups in total. The van der Waals surface area contributed by atoms with Crippen molar-refractivity contribution in [3.05, 3.63) is 24.8 Å². The van der Waals surface area contributed by atoms with Crippen molar-refractivity contribution in [2.75, 3.05) is 20.6 Å². The van der Waals surface area contributed by atoms with Gasteiger partial charge in [0.1, 0.15) is 0 Å². The van der Waals surface area contributed by atoms with Gasteiger partial charge in [0, 0.05) is 0 Å². The summed E-state index contributed by atoms with van der Waals surface area (Å²) in [4.78, 5) is 0. The van der Waals surface area contributed by atoms with Crippen molar-refractivity contribution in [2.24, 2.45) is 29.4 Å². The maximum absolute atomic E-state index is 4.50. The second-order valence-corrected chi connectivity index (χ2v) is 7.68. The van der Waals surface area contributed by atoms with Gasteiger partial charge in [-0.1, -0.05) is 127 Å². The van der Waals surface area contributed by atoms with Gasteiger partial charge in [0.2, 0.25) is 0 Å². The molecule has 0 aromatic heterocycles. The predicted octanol–water partition coefficient (Wildman–Crippen LogP) is 10.5. The van der Waals surface area contributed by atoms with Crippen LogP contribution in [0.4, 0.5) is 0 Å². The smallest absolute Gasteiger partial charge is 0.00493 e. The number of hydrogen-bond acceptors (Lipinski definition) is 2. The lowest BCUT2D eigenvalue weighted by Gasteiger charge is -2.19. The van der Waals surface area contributed by atoms with Crippen LogP contribution in [0.25, 0.3) is 0 Å². The van der Waals surface area contributed by atoms with E-state index in [2.05, 4.69) is 85.2 Å². The molecule has 0 bridgehead atoms. The van der Waals surface area contributed by atoms with E-state index >= 15 is 0 Å². The monoisotopic (exact) mass is 475 g/mol. The number of nitrogens with two attached hydrogens (primary N) is 1. The lowest BCUT2D eigenvalue weighted by atomic mass is 9.87. The molecule has 0 aliphatic rings. The zero-order valence-corrected chi connectivity index (χ0v) is 26.8. The van der Waals surface area contributed by atoms with Crippen LogP contribution < -0.4 is 11.1 Å². The van der Waals surface area contributed by atoms with Crippen LogP contribution in [-0.4, -0.2) is 20.6 Å². The number of rotatable bonds is 11. The topological polar surface area (TPSA) is 38.0 Å². The number of hydrogen-bond donors (Lipinski definition) is 2. The van der Waals surface area contributed by atoms with Gasteiger partial charge in [0.15, 0.2) is 0 Å². The summed E-state index contributed by atoms with van der Waals surface area (Å²) in [6.45, 7) is 34.8. The molecule has 0 spiro atoms. The first kappa shape index (κ1) is 49.5. The minimum Gasteiger partial charge on any atom is -0.333 e. The van der Waals surface area contributed by atoms with Gasteiger partial charge in [0.05, 0.1) is 0 Å². The van der Waals surface area contributed by atoms with Crippen LogP contribution in [0, 0.1) is 23.7 Å². The van der Waals surface area contributed by atoms with Gasteiger partial charge >= 0.3 is 0 Å². The molecule has 0 aromatic carbocycles. The molecule has 2 heteroatoms. The summed E-state index contributed by atoms with van der Waals surface area (Å²) in [5, 5.41) is 3.15. The van der Waals surface area contributed by atoms with E-state index in [1.165, 1.54) is 45.6 Å². The third kappa shape index (κ3) is 65.2. The predicted molar refractivity (Wildman–Crippen MR) is 164 cm³/mol. The fraction of sp³-hybridized carbons (Fsp3) is 0.871. The summed E-state index contributed by atoms with van der Waals surface area (Å²) in [5.41, 5.74) is 4.50. The summed E-state index contributed by atoms with van der Waals surface area (Å²) >= 11 is 0. The highest BCUT2D eigenvalue weighted by Gasteiger charge is 2.10. The van der Waals surface area contributed by atoms with E-state index in [1.807, 2.05) is 54.7 Å². The molecule has 0 saturated heterocycles. The molecule has 0 aliphatic carbocycles. The molecule has 0 rings (SSSR count). The van der Waals surface area contributed by atoms with Crippen molar-refractivity contribution in [1.82, 2.24) is 5.32 Å². The van der Waals surface area contributed by atoms with Crippen LogP contribution in [0.1, 0.15) is 135 Å². The Bertz CT molecular complexity index is 268. The molecule has 208 valence electrons. The number of allylic oxidation sites excluding steroid dienone is 3. The van der Waals surface area contributed by atoms with Gasteiger partial charge in [0.25, 0.3) is 0 Å².